The second-order valence-corrected chi connectivity index (χ2v) is 5.30. The van der Waals surface area contributed by atoms with Crippen LogP contribution < -0.4 is 0 Å². The van der Waals surface area contributed by atoms with Crippen molar-refractivity contribution in [3.05, 3.63) is 11.9 Å². The Morgan fingerprint density at radius 3 is 1.42 bits per heavy atom. The molecule has 26 heavy (non-hydrogen) atoms. The molecule has 0 aromatic heterocycles. The van der Waals surface area contributed by atoms with E-state index in [0.29, 0.717) is 0 Å². The van der Waals surface area contributed by atoms with Crippen LogP contribution in [0.15, 0.2) is 11.9 Å². The first kappa shape index (κ1) is 24.7. The molecule has 0 aromatic rings. The molecule has 0 heterocycles. The van der Waals surface area contributed by atoms with Crippen molar-refractivity contribution < 1.29 is 79.5 Å². The van der Waals surface area contributed by atoms with E-state index in [9.17, 15) is 65.5 Å². The highest BCUT2D eigenvalue weighted by Gasteiger charge is 2.76. The van der Waals surface area contributed by atoms with Gasteiger partial charge in [0.25, 0.3) is 5.83 Å². The fourth-order valence-corrected chi connectivity index (χ4v) is 1.17. The maximum Gasteiger partial charge on any atom is 0.478 e. The summed E-state index contributed by atoms with van der Waals surface area (Å²) in [5.74, 6) is -4.25. The van der Waals surface area contributed by atoms with E-state index in [-0.39, 0.29) is 0 Å². The van der Waals surface area contributed by atoms with Gasteiger partial charge in [0.15, 0.2) is 0 Å². The summed E-state index contributed by atoms with van der Waals surface area (Å²) >= 11 is 0. The third-order valence-electron chi connectivity index (χ3n) is 1.94. The van der Waals surface area contributed by atoms with Crippen LogP contribution in [0.2, 0.25) is 0 Å². The molecule has 0 bridgehead atoms. The van der Waals surface area contributed by atoms with Gasteiger partial charge in [0, 0.05) is 0 Å². The van der Waals surface area contributed by atoms with Crippen molar-refractivity contribution in [2.24, 2.45) is 0 Å². The molecule has 1 N–H and O–H groups in total. The molecule has 0 aliphatic heterocycles. The highest BCUT2D eigenvalue weighted by atomic mass is 32.2. The van der Waals surface area contributed by atoms with Crippen molar-refractivity contribution >= 4 is 10.1 Å². The molecule has 0 fully saturated rings. The van der Waals surface area contributed by atoms with E-state index in [0.717, 1.165) is 0 Å². The molecular weight excluding hydrogens is 443 g/mol. The lowest BCUT2D eigenvalue weighted by Crippen LogP contribution is -2.59. The topological polar surface area (TPSA) is 72.8 Å². The van der Waals surface area contributed by atoms with Gasteiger partial charge in [-0.25, -0.2) is 9.47 Å². The highest BCUT2D eigenvalue weighted by molar-refractivity contribution is 7.86. The van der Waals surface area contributed by atoms with E-state index in [1.54, 1.807) is 9.47 Å². The van der Waals surface area contributed by atoms with Crippen molar-refractivity contribution in [3.63, 3.8) is 0 Å². The highest BCUT2D eigenvalue weighted by Crippen LogP contribution is 2.49. The van der Waals surface area contributed by atoms with Gasteiger partial charge in [0.2, 0.25) is 0 Å². The minimum Gasteiger partial charge on any atom is -0.281 e. The van der Waals surface area contributed by atoms with Crippen molar-refractivity contribution in [1.29, 1.82) is 0 Å². The maximum atomic E-state index is 13.3. The number of halogens is 13. The number of rotatable bonds is 7. The second kappa shape index (κ2) is 6.68. The average Bonchev–Trinajstić information content (AvgIpc) is 2.33. The van der Waals surface area contributed by atoms with Gasteiger partial charge < -0.3 is 0 Å². The van der Waals surface area contributed by atoms with Gasteiger partial charge in [-0.3, -0.25) is 4.55 Å². The first-order chi connectivity index (χ1) is 11.0. The quantitative estimate of drug-likeness (QED) is 0.366. The van der Waals surface area contributed by atoms with Gasteiger partial charge in [-0.05, 0) is 0 Å². The molecule has 0 saturated carbocycles. The Kier molecular flexibility index (Phi) is 6.33. The van der Waals surface area contributed by atoms with Crippen LogP contribution in [-0.4, -0.2) is 42.7 Å². The van der Waals surface area contributed by atoms with Crippen molar-refractivity contribution in [2.75, 3.05) is 0 Å². The van der Waals surface area contributed by atoms with E-state index in [1.165, 1.54) is 0 Å². The fourth-order valence-electron chi connectivity index (χ4n) is 0.831. The van der Waals surface area contributed by atoms with Crippen LogP contribution in [0.3, 0.4) is 0 Å². The van der Waals surface area contributed by atoms with E-state index >= 15 is 0 Å². The van der Waals surface area contributed by atoms with Crippen molar-refractivity contribution in [1.82, 2.24) is 0 Å². The summed E-state index contributed by atoms with van der Waals surface area (Å²) in [5.41, 5.74) is 0. The number of hydrogen-bond donors (Lipinski definition) is 1. The lowest BCUT2D eigenvalue weighted by molar-refractivity contribution is -0.539. The Morgan fingerprint density at radius 1 is 0.769 bits per heavy atom. The molecule has 0 saturated heterocycles. The second-order valence-electron chi connectivity index (χ2n) is 3.84. The van der Waals surface area contributed by atoms with E-state index in [4.69, 9.17) is 4.55 Å². The number of hydrogen-bond acceptors (Lipinski definition) is 4. The summed E-state index contributed by atoms with van der Waals surface area (Å²) in [4.78, 5) is 0. The molecule has 0 amide bonds. The van der Waals surface area contributed by atoms with Gasteiger partial charge in [0.05, 0.1) is 0 Å². The molecule has 0 radical (unpaired) electrons. The summed E-state index contributed by atoms with van der Waals surface area (Å²) in [6.07, 6.45) is -25.4. The molecule has 19 heteroatoms. The van der Waals surface area contributed by atoms with Crippen LogP contribution in [0.4, 0.5) is 57.1 Å². The van der Waals surface area contributed by atoms with Gasteiger partial charge in [-0.2, -0.15) is 65.5 Å². The minimum absolute atomic E-state index is 1.60. The number of ether oxygens (including phenoxy) is 2. The van der Waals surface area contributed by atoms with E-state index in [2.05, 4.69) is 0 Å². The Labute approximate surface area is 132 Å². The zero-order chi connectivity index (χ0) is 21.6. The molecule has 1 unspecified atom stereocenters. The summed E-state index contributed by atoms with van der Waals surface area (Å²) in [5, 5.41) is -7.08. The summed E-state index contributed by atoms with van der Waals surface area (Å²) in [6, 6.07) is -7.17. The predicted molar refractivity (Wildman–Crippen MR) is 48.8 cm³/mol. The fraction of sp³-hybridized carbons (Fsp3) is 0.714. The summed E-state index contributed by atoms with van der Waals surface area (Å²) < 4.78 is 193. The van der Waals surface area contributed by atoms with Crippen LogP contribution in [0.5, 0.6) is 0 Å². The average molecular weight is 444 g/mol. The van der Waals surface area contributed by atoms with Crippen LogP contribution in [0, 0.1) is 0 Å². The Hall–Kier alpha value is -1.34. The zero-order valence-electron chi connectivity index (χ0n) is 10.9. The molecule has 156 valence electrons. The molecule has 0 aliphatic rings. The van der Waals surface area contributed by atoms with E-state index in [1.807, 2.05) is 0 Å². The van der Waals surface area contributed by atoms with Crippen molar-refractivity contribution in [2.45, 2.75) is 29.7 Å². The molecule has 1 atom stereocenters. The first-order valence-corrected chi connectivity index (χ1v) is 6.43. The van der Waals surface area contributed by atoms with Crippen LogP contribution in [0.25, 0.3) is 0 Å². The van der Waals surface area contributed by atoms with Crippen molar-refractivity contribution in [3.8, 4) is 0 Å². The third kappa shape index (κ3) is 4.68. The smallest absolute Gasteiger partial charge is 0.281 e. The molecule has 0 rings (SSSR count). The largest absolute Gasteiger partial charge is 0.478 e. The predicted octanol–water partition coefficient (Wildman–Crippen LogP) is 3.95. The monoisotopic (exact) mass is 444 g/mol. The van der Waals surface area contributed by atoms with Crippen LogP contribution >= 0.6 is 0 Å². The Morgan fingerprint density at radius 2 is 1.15 bits per heavy atom. The summed E-state index contributed by atoms with van der Waals surface area (Å²) in [6.45, 7) is 0. The van der Waals surface area contributed by atoms with Crippen LogP contribution in [0.1, 0.15) is 0 Å². The standard InChI is InChI=1S/C7HF13O5S/c8-1(2(9)10)3(11,12)24-7(20,4(13,14)15)25-5(16,17)6(18,19)26(21,22)23/h(H,21,22,23). The van der Waals surface area contributed by atoms with Gasteiger partial charge in [0.1, 0.15) is 0 Å². The SMILES string of the molecule is O=S(=O)(O)C(F)(F)C(F)(F)OC(F)(OC(F)(F)C(F)=C(F)F)C(F)(F)F. The molecule has 5 nitrogen and oxygen atoms in total. The minimum atomic E-state index is -7.34. The lowest BCUT2D eigenvalue weighted by atomic mass is 10.5. The summed E-state index contributed by atoms with van der Waals surface area (Å²) in [7, 11) is -7.34. The van der Waals surface area contributed by atoms with Crippen LogP contribution in [-0.2, 0) is 19.6 Å². The normalized spacial score (nSPS) is 17.0. The Balaban J connectivity index is 6.21. The molecular formula is C7HF13O5S. The van der Waals surface area contributed by atoms with Gasteiger partial charge >= 0.3 is 45.9 Å². The molecule has 0 aromatic carbocycles. The van der Waals surface area contributed by atoms with E-state index < -0.39 is 51.7 Å². The zero-order valence-corrected chi connectivity index (χ0v) is 11.7. The maximum absolute atomic E-state index is 13.3. The molecule has 0 spiro atoms. The third-order valence-corrected chi connectivity index (χ3v) is 2.83. The lowest BCUT2D eigenvalue weighted by Gasteiger charge is -2.34. The molecule has 0 aliphatic carbocycles. The number of alkyl halides is 10. The first-order valence-electron chi connectivity index (χ1n) is 4.99. The van der Waals surface area contributed by atoms with Gasteiger partial charge in [-0.1, -0.05) is 0 Å². The van der Waals surface area contributed by atoms with Gasteiger partial charge in [-0.15, -0.1) is 0 Å². The Bertz CT molecular complexity index is 663.